The van der Waals surface area contributed by atoms with Gasteiger partial charge in [-0.25, -0.2) is 0 Å². The molecule has 0 bridgehead atoms. The third-order valence-electron chi connectivity index (χ3n) is 4.55. The molecule has 104 valence electrons. The fourth-order valence-electron chi connectivity index (χ4n) is 3.42. The lowest BCUT2D eigenvalue weighted by Gasteiger charge is -2.42. The largest absolute Gasteiger partial charge is 0.369 e. The number of rotatable bonds is 2. The monoisotopic (exact) mass is 259 g/mol. The van der Waals surface area contributed by atoms with E-state index >= 15 is 0 Å². The first-order chi connectivity index (χ1) is 9.33. The van der Waals surface area contributed by atoms with Crippen LogP contribution in [0.3, 0.4) is 0 Å². The van der Waals surface area contributed by atoms with Crippen molar-refractivity contribution in [3.63, 3.8) is 0 Å². The van der Waals surface area contributed by atoms with Crippen molar-refractivity contribution < 1.29 is 0 Å². The topological polar surface area (TPSA) is 18.5 Å². The van der Waals surface area contributed by atoms with Crippen molar-refractivity contribution in [1.29, 1.82) is 0 Å². The Morgan fingerprint density at radius 3 is 2.47 bits per heavy atom. The molecular weight excluding hydrogens is 234 g/mol. The number of nitrogens with one attached hydrogen (secondary N) is 1. The van der Waals surface area contributed by atoms with Crippen molar-refractivity contribution in [2.75, 3.05) is 37.6 Å². The van der Waals surface area contributed by atoms with Crippen LogP contribution in [-0.4, -0.2) is 49.7 Å². The van der Waals surface area contributed by atoms with E-state index in [1.807, 2.05) is 0 Å². The Kier molecular flexibility index (Phi) is 4.04. The SMILES string of the molecule is CC1CC(N2CCN(c3ccccc3)CC2)CCN1. The zero-order valence-electron chi connectivity index (χ0n) is 11.9. The van der Waals surface area contributed by atoms with Gasteiger partial charge >= 0.3 is 0 Å². The number of anilines is 1. The van der Waals surface area contributed by atoms with Gasteiger partial charge in [-0.05, 0) is 38.4 Å². The van der Waals surface area contributed by atoms with E-state index in [9.17, 15) is 0 Å². The van der Waals surface area contributed by atoms with Crippen molar-refractivity contribution in [3.8, 4) is 0 Å². The van der Waals surface area contributed by atoms with E-state index in [0.717, 1.165) is 6.04 Å². The van der Waals surface area contributed by atoms with Crippen LogP contribution in [0.1, 0.15) is 19.8 Å². The highest BCUT2D eigenvalue weighted by atomic mass is 15.3. The van der Waals surface area contributed by atoms with Gasteiger partial charge in [0.05, 0.1) is 0 Å². The zero-order chi connectivity index (χ0) is 13.1. The van der Waals surface area contributed by atoms with Gasteiger partial charge < -0.3 is 10.2 Å². The minimum Gasteiger partial charge on any atom is -0.369 e. The molecule has 0 spiro atoms. The van der Waals surface area contributed by atoms with Gasteiger partial charge in [0.15, 0.2) is 0 Å². The summed E-state index contributed by atoms with van der Waals surface area (Å²) in [5.41, 5.74) is 1.38. The molecule has 2 aliphatic rings. The van der Waals surface area contributed by atoms with E-state index in [2.05, 4.69) is 52.4 Å². The molecule has 2 fully saturated rings. The molecule has 0 aliphatic carbocycles. The lowest BCUT2D eigenvalue weighted by atomic mass is 9.98. The second-order valence-electron chi connectivity index (χ2n) is 5.89. The summed E-state index contributed by atoms with van der Waals surface area (Å²) in [6.07, 6.45) is 2.63. The molecule has 19 heavy (non-hydrogen) atoms. The van der Waals surface area contributed by atoms with Crippen LogP contribution in [0, 0.1) is 0 Å². The highest BCUT2D eigenvalue weighted by Crippen LogP contribution is 2.20. The quantitative estimate of drug-likeness (QED) is 0.876. The first-order valence-corrected chi connectivity index (χ1v) is 7.60. The number of piperazine rings is 1. The maximum atomic E-state index is 3.55. The maximum Gasteiger partial charge on any atom is 0.0367 e. The fourth-order valence-corrected chi connectivity index (χ4v) is 3.42. The van der Waals surface area contributed by atoms with E-state index in [1.165, 1.54) is 51.3 Å². The molecule has 2 saturated heterocycles. The summed E-state index contributed by atoms with van der Waals surface area (Å²) in [4.78, 5) is 5.22. The first-order valence-electron chi connectivity index (χ1n) is 7.60. The molecule has 3 heteroatoms. The Morgan fingerprint density at radius 2 is 1.79 bits per heavy atom. The first kappa shape index (κ1) is 12.9. The van der Waals surface area contributed by atoms with Crippen LogP contribution in [0.25, 0.3) is 0 Å². The molecule has 1 aromatic rings. The molecule has 3 nitrogen and oxygen atoms in total. The fraction of sp³-hybridized carbons (Fsp3) is 0.625. The summed E-state index contributed by atoms with van der Waals surface area (Å²) in [6, 6.07) is 12.3. The molecule has 0 radical (unpaired) electrons. The maximum absolute atomic E-state index is 3.55. The predicted octanol–water partition coefficient (Wildman–Crippen LogP) is 1.95. The summed E-state index contributed by atoms with van der Waals surface area (Å²) in [7, 11) is 0. The average molecular weight is 259 g/mol. The number of piperidine rings is 1. The van der Waals surface area contributed by atoms with Gasteiger partial charge in [-0.1, -0.05) is 18.2 Å². The molecule has 3 rings (SSSR count). The van der Waals surface area contributed by atoms with Gasteiger partial charge in [0.1, 0.15) is 0 Å². The zero-order valence-corrected chi connectivity index (χ0v) is 11.9. The lowest BCUT2D eigenvalue weighted by Crippen LogP contribution is -2.54. The van der Waals surface area contributed by atoms with Gasteiger partial charge in [0.2, 0.25) is 0 Å². The van der Waals surface area contributed by atoms with Crippen molar-refractivity contribution in [2.45, 2.75) is 31.8 Å². The van der Waals surface area contributed by atoms with E-state index in [0.29, 0.717) is 6.04 Å². The second kappa shape index (κ2) is 5.93. The normalized spacial score (nSPS) is 29.4. The van der Waals surface area contributed by atoms with Crippen LogP contribution < -0.4 is 10.2 Å². The van der Waals surface area contributed by atoms with Gasteiger partial charge in [-0.2, -0.15) is 0 Å². The molecule has 2 aliphatic heterocycles. The van der Waals surface area contributed by atoms with E-state index in [1.54, 1.807) is 0 Å². The summed E-state index contributed by atoms with van der Waals surface area (Å²) < 4.78 is 0. The Bertz CT molecular complexity index is 384. The Balaban J connectivity index is 1.54. The number of nitrogens with zero attached hydrogens (tertiary/aromatic N) is 2. The minimum absolute atomic E-state index is 0.686. The van der Waals surface area contributed by atoms with E-state index < -0.39 is 0 Å². The minimum atomic E-state index is 0.686. The summed E-state index contributed by atoms with van der Waals surface area (Å²) in [5.74, 6) is 0. The summed E-state index contributed by atoms with van der Waals surface area (Å²) in [6.45, 7) is 8.26. The summed E-state index contributed by atoms with van der Waals surface area (Å²) in [5, 5.41) is 3.55. The molecule has 1 aromatic carbocycles. The third kappa shape index (κ3) is 3.10. The predicted molar refractivity (Wildman–Crippen MR) is 80.7 cm³/mol. The standard InChI is InChI=1S/C16H25N3/c1-14-13-16(7-8-17-14)19-11-9-18(10-12-19)15-5-3-2-4-6-15/h2-6,14,16-17H,7-13H2,1H3. The highest BCUT2D eigenvalue weighted by Gasteiger charge is 2.27. The highest BCUT2D eigenvalue weighted by molar-refractivity contribution is 5.46. The van der Waals surface area contributed by atoms with Crippen LogP contribution in [0.5, 0.6) is 0 Å². The van der Waals surface area contributed by atoms with Crippen molar-refractivity contribution in [2.24, 2.45) is 0 Å². The smallest absolute Gasteiger partial charge is 0.0367 e. The Labute approximate surface area is 116 Å². The van der Waals surface area contributed by atoms with Gasteiger partial charge in [-0.3, -0.25) is 4.90 Å². The number of hydrogen-bond acceptors (Lipinski definition) is 3. The third-order valence-corrected chi connectivity index (χ3v) is 4.55. The Morgan fingerprint density at radius 1 is 1.05 bits per heavy atom. The van der Waals surface area contributed by atoms with Crippen molar-refractivity contribution >= 4 is 5.69 Å². The van der Waals surface area contributed by atoms with Crippen LogP contribution in [0.4, 0.5) is 5.69 Å². The number of hydrogen-bond donors (Lipinski definition) is 1. The second-order valence-corrected chi connectivity index (χ2v) is 5.89. The molecule has 2 atom stereocenters. The molecule has 2 unspecified atom stereocenters. The molecule has 0 aromatic heterocycles. The Hall–Kier alpha value is -1.06. The van der Waals surface area contributed by atoms with Gasteiger partial charge in [0.25, 0.3) is 0 Å². The number of para-hydroxylation sites is 1. The van der Waals surface area contributed by atoms with E-state index in [-0.39, 0.29) is 0 Å². The van der Waals surface area contributed by atoms with Crippen molar-refractivity contribution in [3.05, 3.63) is 30.3 Å². The van der Waals surface area contributed by atoms with Crippen LogP contribution in [-0.2, 0) is 0 Å². The molecule has 1 N–H and O–H groups in total. The number of benzene rings is 1. The van der Waals surface area contributed by atoms with Crippen LogP contribution in [0.15, 0.2) is 30.3 Å². The molecule has 0 amide bonds. The average Bonchev–Trinajstić information content (AvgIpc) is 2.48. The van der Waals surface area contributed by atoms with Crippen LogP contribution >= 0.6 is 0 Å². The summed E-state index contributed by atoms with van der Waals surface area (Å²) >= 11 is 0. The van der Waals surface area contributed by atoms with Crippen LogP contribution in [0.2, 0.25) is 0 Å². The lowest BCUT2D eigenvalue weighted by molar-refractivity contribution is 0.139. The molecule has 0 saturated carbocycles. The van der Waals surface area contributed by atoms with Crippen molar-refractivity contribution in [1.82, 2.24) is 10.2 Å². The van der Waals surface area contributed by atoms with Gasteiger partial charge in [0, 0.05) is 44.0 Å². The van der Waals surface area contributed by atoms with Gasteiger partial charge in [-0.15, -0.1) is 0 Å². The molecular formula is C16H25N3. The molecule has 2 heterocycles. The van der Waals surface area contributed by atoms with E-state index in [4.69, 9.17) is 0 Å².